The van der Waals surface area contributed by atoms with Crippen LogP contribution in [0, 0.1) is 0 Å². The molecule has 60 valence electrons. The molecule has 0 aromatic carbocycles. The fourth-order valence-corrected chi connectivity index (χ4v) is 1.31. The van der Waals surface area contributed by atoms with Crippen molar-refractivity contribution < 1.29 is 14.4 Å². The Kier molecular flexibility index (Phi) is 1.24. The van der Waals surface area contributed by atoms with Crippen LogP contribution in [0.2, 0.25) is 0 Å². The molecule has 1 N–H and O–H groups in total. The van der Waals surface area contributed by atoms with E-state index >= 15 is 0 Å². The van der Waals surface area contributed by atoms with Gasteiger partial charge in [-0.2, -0.15) is 0 Å². The predicted molar refractivity (Wildman–Crippen MR) is 39.5 cm³/mol. The predicted octanol–water partition coefficient (Wildman–Crippen LogP) is 0.596. The SMILES string of the molecule is O=Cc1cc2c([nH]1)C(=O)CC2=O. The van der Waals surface area contributed by atoms with Crippen molar-refractivity contribution in [3.8, 4) is 0 Å². The second kappa shape index (κ2) is 2.14. The molecule has 2 rings (SSSR count). The highest BCUT2D eigenvalue weighted by Crippen LogP contribution is 2.21. The first-order valence-corrected chi connectivity index (χ1v) is 3.47. The Labute approximate surface area is 67.6 Å². The summed E-state index contributed by atoms with van der Waals surface area (Å²) in [6.07, 6.45) is 0.513. The highest BCUT2D eigenvalue weighted by Gasteiger charge is 2.29. The van der Waals surface area contributed by atoms with E-state index in [0.29, 0.717) is 11.8 Å². The van der Waals surface area contributed by atoms with Gasteiger partial charge >= 0.3 is 0 Å². The number of aromatic amines is 1. The van der Waals surface area contributed by atoms with Gasteiger partial charge in [-0.15, -0.1) is 0 Å². The van der Waals surface area contributed by atoms with Crippen molar-refractivity contribution in [1.82, 2.24) is 4.98 Å². The molecule has 0 fully saturated rings. The van der Waals surface area contributed by atoms with Gasteiger partial charge in [0.05, 0.1) is 17.8 Å². The lowest BCUT2D eigenvalue weighted by Gasteiger charge is -1.83. The van der Waals surface area contributed by atoms with Gasteiger partial charge in [-0.25, -0.2) is 0 Å². The Hall–Kier alpha value is -1.71. The lowest BCUT2D eigenvalue weighted by molar-refractivity contribution is 0.0921. The summed E-state index contributed by atoms with van der Waals surface area (Å²) >= 11 is 0. The Balaban J connectivity index is 2.63. The zero-order valence-corrected chi connectivity index (χ0v) is 6.09. The van der Waals surface area contributed by atoms with Crippen molar-refractivity contribution in [3.05, 3.63) is 23.0 Å². The fourth-order valence-electron chi connectivity index (χ4n) is 1.31. The van der Waals surface area contributed by atoms with E-state index in [1.165, 1.54) is 6.07 Å². The minimum Gasteiger partial charge on any atom is -0.349 e. The van der Waals surface area contributed by atoms with E-state index in [1.54, 1.807) is 0 Å². The molecule has 1 aliphatic carbocycles. The molecule has 0 unspecified atom stereocenters. The smallest absolute Gasteiger partial charge is 0.187 e. The van der Waals surface area contributed by atoms with E-state index in [0.717, 1.165) is 0 Å². The molecule has 1 aliphatic rings. The number of carbonyl (C=O) groups excluding carboxylic acids is 3. The van der Waals surface area contributed by atoms with E-state index in [-0.39, 0.29) is 29.4 Å². The molecule has 0 saturated carbocycles. The number of aldehydes is 1. The molecule has 4 heteroatoms. The molecule has 1 aromatic heterocycles. The number of nitrogens with one attached hydrogen (secondary N) is 1. The summed E-state index contributed by atoms with van der Waals surface area (Å²) in [4.78, 5) is 34.9. The first-order chi connectivity index (χ1) is 5.72. The molecule has 4 nitrogen and oxygen atoms in total. The molecular weight excluding hydrogens is 158 g/mol. The number of hydrogen-bond donors (Lipinski definition) is 1. The second-order valence-corrected chi connectivity index (χ2v) is 2.65. The van der Waals surface area contributed by atoms with Gasteiger partial charge in [-0.1, -0.05) is 0 Å². The maximum atomic E-state index is 11.0. The van der Waals surface area contributed by atoms with Crippen LogP contribution in [0.1, 0.15) is 37.8 Å². The van der Waals surface area contributed by atoms with Crippen LogP contribution < -0.4 is 0 Å². The number of carbonyl (C=O) groups is 3. The van der Waals surface area contributed by atoms with Crippen LogP contribution in [0.5, 0.6) is 0 Å². The van der Waals surface area contributed by atoms with Crippen molar-refractivity contribution in [2.24, 2.45) is 0 Å². The fraction of sp³-hybridized carbons (Fsp3) is 0.125. The molecule has 0 spiro atoms. The maximum Gasteiger partial charge on any atom is 0.187 e. The molecule has 0 atom stereocenters. The summed E-state index contributed by atoms with van der Waals surface area (Å²) in [7, 11) is 0. The second-order valence-electron chi connectivity index (χ2n) is 2.65. The van der Waals surface area contributed by atoms with Crippen LogP contribution in [-0.4, -0.2) is 22.8 Å². The van der Waals surface area contributed by atoms with E-state index in [1.807, 2.05) is 0 Å². The molecule has 0 radical (unpaired) electrons. The van der Waals surface area contributed by atoms with Crippen molar-refractivity contribution >= 4 is 17.9 Å². The summed E-state index contributed by atoms with van der Waals surface area (Å²) in [5.74, 6) is -0.442. The average Bonchev–Trinajstić information content (AvgIpc) is 2.55. The Bertz CT molecular complexity index is 358. The summed E-state index contributed by atoms with van der Waals surface area (Å²) in [5, 5.41) is 0. The van der Waals surface area contributed by atoms with Gasteiger partial charge in [0.2, 0.25) is 0 Å². The average molecular weight is 163 g/mol. The first-order valence-electron chi connectivity index (χ1n) is 3.47. The van der Waals surface area contributed by atoms with Gasteiger partial charge in [0.15, 0.2) is 17.9 Å². The summed E-state index contributed by atoms with van der Waals surface area (Å²) in [6.45, 7) is 0. The number of aromatic nitrogens is 1. The number of hydrogen-bond acceptors (Lipinski definition) is 3. The molecule has 0 bridgehead atoms. The highest BCUT2D eigenvalue weighted by molar-refractivity contribution is 6.24. The van der Waals surface area contributed by atoms with Gasteiger partial charge in [-0.3, -0.25) is 14.4 Å². The third kappa shape index (κ3) is 0.747. The zero-order valence-electron chi connectivity index (χ0n) is 6.09. The van der Waals surface area contributed by atoms with Crippen LogP contribution in [-0.2, 0) is 0 Å². The molecule has 0 amide bonds. The van der Waals surface area contributed by atoms with Gasteiger partial charge in [-0.05, 0) is 6.07 Å². The lowest BCUT2D eigenvalue weighted by Crippen LogP contribution is -1.95. The van der Waals surface area contributed by atoms with E-state index in [4.69, 9.17) is 0 Å². The molecular formula is C8H5NO3. The van der Waals surface area contributed by atoms with Gasteiger partial charge in [0.25, 0.3) is 0 Å². The number of ketones is 2. The summed E-state index contributed by atoms with van der Waals surface area (Å²) in [6, 6.07) is 1.41. The highest BCUT2D eigenvalue weighted by atomic mass is 16.2. The maximum absolute atomic E-state index is 11.0. The van der Waals surface area contributed by atoms with Crippen molar-refractivity contribution in [2.75, 3.05) is 0 Å². The summed E-state index contributed by atoms with van der Waals surface area (Å²) in [5.41, 5.74) is 0.908. The van der Waals surface area contributed by atoms with E-state index in [9.17, 15) is 14.4 Å². The van der Waals surface area contributed by atoms with Crippen molar-refractivity contribution in [1.29, 1.82) is 0 Å². The molecule has 0 saturated heterocycles. The van der Waals surface area contributed by atoms with Crippen molar-refractivity contribution in [2.45, 2.75) is 6.42 Å². The minimum atomic E-state index is -0.233. The topological polar surface area (TPSA) is 67.0 Å². The van der Waals surface area contributed by atoms with Crippen LogP contribution >= 0.6 is 0 Å². The Morgan fingerprint density at radius 3 is 2.67 bits per heavy atom. The minimum absolute atomic E-state index is 0.0691. The van der Waals surface area contributed by atoms with Crippen LogP contribution in [0.15, 0.2) is 6.07 Å². The molecule has 0 aliphatic heterocycles. The molecule has 1 aromatic rings. The third-order valence-corrected chi connectivity index (χ3v) is 1.87. The quantitative estimate of drug-likeness (QED) is 0.486. The standard InChI is InChI=1S/C8H5NO3/c10-3-4-1-5-6(11)2-7(12)8(5)9-4/h1,3,9H,2H2. The molecule has 12 heavy (non-hydrogen) atoms. The van der Waals surface area contributed by atoms with Gasteiger partial charge < -0.3 is 4.98 Å². The third-order valence-electron chi connectivity index (χ3n) is 1.87. The Morgan fingerprint density at radius 2 is 2.08 bits per heavy atom. The largest absolute Gasteiger partial charge is 0.349 e. The first kappa shape index (κ1) is 6.97. The summed E-state index contributed by atoms with van der Waals surface area (Å²) < 4.78 is 0. The van der Waals surface area contributed by atoms with Crippen LogP contribution in [0.25, 0.3) is 0 Å². The van der Waals surface area contributed by atoms with Gasteiger partial charge in [0, 0.05) is 5.56 Å². The number of H-pyrrole nitrogens is 1. The Morgan fingerprint density at radius 1 is 1.33 bits per heavy atom. The van der Waals surface area contributed by atoms with E-state index in [2.05, 4.69) is 4.98 Å². The van der Waals surface area contributed by atoms with Crippen LogP contribution in [0.3, 0.4) is 0 Å². The monoisotopic (exact) mass is 163 g/mol. The van der Waals surface area contributed by atoms with Crippen LogP contribution in [0.4, 0.5) is 0 Å². The van der Waals surface area contributed by atoms with Gasteiger partial charge in [0.1, 0.15) is 0 Å². The van der Waals surface area contributed by atoms with E-state index < -0.39 is 0 Å². The number of Topliss-reactive ketones (excluding diaryl/α,β-unsaturated/α-hetero) is 2. The number of fused-ring (bicyclic) bond motifs is 1. The van der Waals surface area contributed by atoms with Crippen molar-refractivity contribution in [3.63, 3.8) is 0 Å². The zero-order chi connectivity index (χ0) is 8.72. The number of rotatable bonds is 1. The lowest BCUT2D eigenvalue weighted by atomic mass is 10.2. The normalized spacial score (nSPS) is 15.0. The molecule has 1 heterocycles.